The fourth-order valence-corrected chi connectivity index (χ4v) is 3.43. The number of amides is 2. The van der Waals surface area contributed by atoms with Crippen LogP contribution < -0.4 is 10.9 Å². The second-order valence-corrected chi connectivity index (χ2v) is 7.24. The van der Waals surface area contributed by atoms with Crippen molar-refractivity contribution in [1.29, 1.82) is 0 Å². The van der Waals surface area contributed by atoms with Gasteiger partial charge in [0, 0.05) is 31.9 Å². The van der Waals surface area contributed by atoms with Gasteiger partial charge in [0.05, 0.1) is 6.54 Å². The number of aromatic nitrogens is 1. The molecule has 0 bridgehead atoms. The average Bonchev–Trinajstić information content (AvgIpc) is 2.73. The third-order valence-corrected chi connectivity index (χ3v) is 5.14. The van der Waals surface area contributed by atoms with Gasteiger partial charge in [0.25, 0.3) is 11.5 Å². The van der Waals surface area contributed by atoms with Crippen LogP contribution in [-0.2, 0) is 17.4 Å². The van der Waals surface area contributed by atoms with Gasteiger partial charge in [0.1, 0.15) is 11.3 Å². The highest BCUT2D eigenvalue weighted by Crippen LogP contribution is 2.26. The van der Waals surface area contributed by atoms with Crippen molar-refractivity contribution in [2.24, 2.45) is 0 Å². The number of hydrogen-bond acceptors (Lipinski definition) is 4. The number of carbonyl (C=O) groups is 2. The summed E-state index contributed by atoms with van der Waals surface area (Å²) in [5, 5.41) is 2.89. The number of rotatable bonds is 5. The van der Waals surface area contributed by atoms with Gasteiger partial charge < -0.3 is 15.2 Å². The molecule has 0 saturated carbocycles. The molecular weight excluding hydrogens is 413 g/mol. The summed E-state index contributed by atoms with van der Waals surface area (Å²) < 4.78 is 38.0. The number of H-pyrrole nitrogens is 1. The lowest BCUT2D eigenvalue weighted by molar-refractivity contribution is -0.141. The molecule has 166 valence electrons. The summed E-state index contributed by atoms with van der Waals surface area (Å²) >= 11 is 0. The Morgan fingerprint density at radius 3 is 2.35 bits per heavy atom. The summed E-state index contributed by atoms with van der Waals surface area (Å²) in [7, 11) is 0. The lowest BCUT2D eigenvalue weighted by Gasteiger charge is -2.34. The van der Waals surface area contributed by atoms with Crippen molar-refractivity contribution in [3.05, 3.63) is 63.6 Å². The standard InChI is InChI=1S/C21H23F3N4O3/c1-2-14-5-3-4-6-16(14)25-18(29)13-27-9-11-28(12-10-27)20(31)15-7-8-17(21(22,23)24)26-19(15)30/h3-8H,2,9-13H2,1H3,(H,25,29)(H,26,30). The number of aryl methyl sites for hydroxylation is 1. The third kappa shape index (κ3) is 5.52. The summed E-state index contributed by atoms with van der Waals surface area (Å²) in [6.07, 6.45) is -3.90. The number of carbonyl (C=O) groups excluding carboxylic acids is 2. The molecule has 3 rings (SSSR count). The second-order valence-electron chi connectivity index (χ2n) is 7.24. The molecule has 1 aliphatic heterocycles. The van der Waals surface area contributed by atoms with Crippen LogP contribution in [0.15, 0.2) is 41.2 Å². The monoisotopic (exact) mass is 436 g/mol. The molecule has 0 radical (unpaired) electrons. The minimum absolute atomic E-state index is 0.154. The van der Waals surface area contributed by atoms with E-state index in [1.807, 2.05) is 36.1 Å². The maximum atomic E-state index is 12.7. The predicted molar refractivity (Wildman–Crippen MR) is 109 cm³/mol. The molecule has 2 amide bonds. The molecule has 1 aromatic carbocycles. The molecule has 2 heterocycles. The van der Waals surface area contributed by atoms with Crippen LogP contribution in [-0.4, -0.2) is 59.3 Å². The number of pyridine rings is 1. The van der Waals surface area contributed by atoms with Crippen LogP contribution in [0.1, 0.15) is 28.5 Å². The highest BCUT2D eigenvalue weighted by Gasteiger charge is 2.33. The molecule has 1 saturated heterocycles. The van der Waals surface area contributed by atoms with Crippen molar-refractivity contribution in [2.75, 3.05) is 38.0 Å². The highest BCUT2D eigenvalue weighted by molar-refractivity contribution is 5.94. The van der Waals surface area contributed by atoms with Gasteiger partial charge in [-0.1, -0.05) is 25.1 Å². The fourth-order valence-electron chi connectivity index (χ4n) is 3.43. The van der Waals surface area contributed by atoms with Gasteiger partial charge in [0.2, 0.25) is 5.91 Å². The van der Waals surface area contributed by atoms with Crippen LogP contribution in [0.5, 0.6) is 0 Å². The van der Waals surface area contributed by atoms with E-state index in [1.54, 1.807) is 4.98 Å². The Hall–Kier alpha value is -3.14. The number of anilines is 1. The van der Waals surface area contributed by atoms with E-state index in [1.165, 1.54) is 4.90 Å². The van der Waals surface area contributed by atoms with Gasteiger partial charge in [-0.3, -0.25) is 19.3 Å². The average molecular weight is 436 g/mol. The van der Waals surface area contributed by atoms with E-state index in [2.05, 4.69) is 5.32 Å². The zero-order valence-corrected chi connectivity index (χ0v) is 17.0. The number of benzene rings is 1. The van der Waals surface area contributed by atoms with Crippen LogP contribution in [0, 0.1) is 0 Å². The lowest BCUT2D eigenvalue weighted by atomic mass is 10.1. The Balaban J connectivity index is 1.55. The summed E-state index contributed by atoms with van der Waals surface area (Å²) in [6, 6.07) is 9.13. The maximum absolute atomic E-state index is 12.7. The van der Waals surface area contributed by atoms with E-state index >= 15 is 0 Å². The van der Waals surface area contributed by atoms with Crippen molar-refractivity contribution in [3.8, 4) is 0 Å². The summed E-state index contributed by atoms with van der Waals surface area (Å²) in [4.78, 5) is 41.9. The number of piperazine rings is 1. The van der Waals surface area contributed by atoms with Crippen LogP contribution in [0.3, 0.4) is 0 Å². The number of hydrogen-bond donors (Lipinski definition) is 2. The van der Waals surface area contributed by atoms with Crippen LogP contribution >= 0.6 is 0 Å². The fraction of sp³-hybridized carbons (Fsp3) is 0.381. The van der Waals surface area contributed by atoms with Gasteiger partial charge >= 0.3 is 6.18 Å². The molecular formula is C21H23F3N4O3. The first kappa shape index (κ1) is 22.5. The normalized spacial score (nSPS) is 15.0. The number of nitrogens with one attached hydrogen (secondary N) is 2. The molecule has 2 N–H and O–H groups in total. The first-order valence-corrected chi connectivity index (χ1v) is 9.89. The van der Waals surface area contributed by atoms with E-state index in [0.717, 1.165) is 23.7 Å². The van der Waals surface area contributed by atoms with E-state index in [9.17, 15) is 27.6 Å². The number of alkyl halides is 3. The van der Waals surface area contributed by atoms with Gasteiger partial charge in [-0.25, -0.2) is 0 Å². The Kier molecular flexibility index (Phi) is 6.79. The van der Waals surface area contributed by atoms with Crippen molar-refractivity contribution < 1.29 is 22.8 Å². The van der Waals surface area contributed by atoms with Gasteiger partial charge in [0.15, 0.2) is 0 Å². The largest absolute Gasteiger partial charge is 0.431 e. The molecule has 1 aliphatic rings. The smallest absolute Gasteiger partial charge is 0.336 e. The van der Waals surface area contributed by atoms with Gasteiger partial charge in [-0.2, -0.15) is 13.2 Å². The number of nitrogens with zero attached hydrogens (tertiary/aromatic N) is 2. The first-order valence-electron chi connectivity index (χ1n) is 9.89. The molecule has 0 unspecified atom stereocenters. The van der Waals surface area contributed by atoms with E-state index in [4.69, 9.17) is 0 Å². The first-order chi connectivity index (χ1) is 14.7. The topological polar surface area (TPSA) is 85.5 Å². The molecule has 0 spiro atoms. The van der Waals surface area contributed by atoms with Crippen molar-refractivity contribution in [1.82, 2.24) is 14.8 Å². The van der Waals surface area contributed by atoms with Crippen LogP contribution in [0.4, 0.5) is 18.9 Å². The summed E-state index contributed by atoms with van der Waals surface area (Å²) in [5.41, 5.74) is -0.806. The molecule has 10 heteroatoms. The SMILES string of the molecule is CCc1ccccc1NC(=O)CN1CCN(C(=O)c2ccc(C(F)(F)F)[nH]c2=O)CC1. The van der Waals surface area contributed by atoms with E-state index in [0.29, 0.717) is 19.2 Å². The molecule has 2 aromatic rings. The van der Waals surface area contributed by atoms with E-state index in [-0.39, 0.29) is 31.1 Å². The number of para-hydroxylation sites is 1. The predicted octanol–water partition coefficient (Wildman–Crippen LogP) is 2.35. The Bertz CT molecular complexity index is 1010. The molecule has 1 aromatic heterocycles. The van der Waals surface area contributed by atoms with Gasteiger partial charge in [-0.05, 0) is 30.2 Å². The molecule has 0 aliphatic carbocycles. The van der Waals surface area contributed by atoms with Crippen LogP contribution in [0.2, 0.25) is 0 Å². The summed E-state index contributed by atoms with van der Waals surface area (Å²) in [6.45, 7) is 3.50. The van der Waals surface area contributed by atoms with Crippen molar-refractivity contribution in [2.45, 2.75) is 19.5 Å². The minimum atomic E-state index is -4.69. The molecule has 1 fully saturated rings. The molecule has 7 nitrogen and oxygen atoms in total. The zero-order chi connectivity index (χ0) is 22.6. The Labute approximate surface area is 176 Å². The number of halogens is 3. The Morgan fingerprint density at radius 1 is 1.06 bits per heavy atom. The van der Waals surface area contributed by atoms with Gasteiger partial charge in [-0.15, -0.1) is 0 Å². The summed E-state index contributed by atoms with van der Waals surface area (Å²) in [5.74, 6) is -0.796. The highest BCUT2D eigenvalue weighted by atomic mass is 19.4. The van der Waals surface area contributed by atoms with Crippen LogP contribution in [0.25, 0.3) is 0 Å². The number of aromatic amines is 1. The Morgan fingerprint density at radius 2 is 1.74 bits per heavy atom. The molecule has 31 heavy (non-hydrogen) atoms. The maximum Gasteiger partial charge on any atom is 0.431 e. The molecule has 0 atom stereocenters. The van der Waals surface area contributed by atoms with E-state index < -0.39 is 23.3 Å². The third-order valence-electron chi connectivity index (χ3n) is 5.14. The minimum Gasteiger partial charge on any atom is -0.336 e. The second kappa shape index (κ2) is 9.34. The van der Waals surface area contributed by atoms with Crippen molar-refractivity contribution >= 4 is 17.5 Å². The lowest BCUT2D eigenvalue weighted by Crippen LogP contribution is -2.51. The zero-order valence-electron chi connectivity index (χ0n) is 17.0. The van der Waals surface area contributed by atoms with Crippen molar-refractivity contribution in [3.63, 3.8) is 0 Å². The quantitative estimate of drug-likeness (QED) is 0.754.